The molecule has 0 aromatic carbocycles. The zero-order valence-corrected chi connectivity index (χ0v) is 10.2. The van der Waals surface area contributed by atoms with Gasteiger partial charge in [0.15, 0.2) is 5.82 Å². The summed E-state index contributed by atoms with van der Waals surface area (Å²) in [4.78, 5) is 4.28. The van der Waals surface area contributed by atoms with Crippen molar-refractivity contribution in [2.24, 2.45) is 5.73 Å². The summed E-state index contributed by atoms with van der Waals surface area (Å²) in [6.45, 7) is 4.23. The molecule has 2 heterocycles. The SMILES string of the molecule is N=C(N)c1ccnnc1N1CCN(CCO)CC1. The van der Waals surface area contributed by atoms with Gasteiger partial charge in [-0.25, -0.2) is 0 Å². The van der Waals surface area contributed by atoms with E-state index in [0.29, 0.717) is 17.9 Å². The van der Waals surface area contributed by atoms with E-state index >= 15 is 0 Å². The Bertz CT molecular complexity index is 416. The van der Waals surface area contributed by atoms with Gasteiger partial charge in [0.1, 0.15) is 5.84 Å². The molecule has 98 valence electrons. The molecule has 1 aromatic heterocycles. The van der Waals surface area contributed by atoms with Gasteiger partial charge in [-0.3, -0.25) is 10.3 Å². The van der Waals surface area contributed by atoms with E-state index in [4.69, 9.17) is 16.2 Å². The summed E-state index contributed by atoms with van der Waals surface area (Å²) in [6.07, 6.45) is 1.54. The first-order chi connectivity index (χ1) is 8.72. The molecule has 1 aliphatic rings. The molecule has 1 fully saturated rings. The van der Waals surface area contributed by atoms with E-state index < -0.39 is 0 Å². The number of piperazine rings is 1. The second-order valence-electron chi connectivity index (χ2n) is 4.23. The molecular weight excluding hydrogens is 232 g/mol. The maximum Gasteiger partial charge on any atom is 0.162 e. The molecule has 1 aliphatic heterocycles. The second-order valence-corrected chi connectivity index (χ2v) is 4.23. The second kappa shape index (κ2) is 5.74. The van der Waals surface area contributed by atoms with E-state index in [1.165, 1.54) is 0 Å². The zero-order chi connectivity index (χ0) is 13.0. The van der Waals surface area contributed by atoms with Gasteiger partial charge in [0.05, 0.1) is 18.4 Å². The molecule has 18 heavy (non-hydrogen) atoms. The summed E-state index contributed by atoms with van der Waals surface area (Å²) in [5.74, 6) is 0.686. The summed E-state index contributed by atoms with van der Waals surface area (Å²) < 4.78 is 0. The maximum absolute atomic E-state index is 8.90. The molecule has 7 heteroatoms. The molecule has 0 unspecified atom stereocenters. The van der Waals surface area contributed by atoms with Crippen molar-refractivity contribution in [2.45, 2.75) is 0 Å². The van der Waals surface area contributed by atoms with Crippen LogP contribution in [0.2, 0.25) is 0 Å². The van der Waals surface area contributed by atoms with Gasteiger partial charge in [-0.1, -0.05) is 0 Å². The van der Waals surface area contributed by atoms with E-state index in [2.05, 4.69) is 20.0 Å². The first-order valence-corrected chi connectivity index (χ1v) is 5.96. The highest BCUT2D eigenvalue weighted by molar-refractivity contribution is 5.99. The van der Waals surface area contributed by atoms with Crippen molar-refractivity contribution < 1.29 is 5.11 Å². The molecule has 0 aliphatic carbocycles. The third-order valence-electron chi connectivity index (χ3n) is 3.08. The lowest BCUT2D eigenvalue weighted by atomic mass is 10.2. The maximum atomic E-state index is 8.90. The van der Waals surface area contributed by atoms with Gasteiger partial charge < -0.3 is 15.7 Å². The number of nitrogens with two attached hydrogens (primary N) is 1. The molecule has 0 atom stereocenters. The number of aliphatic hydroxyl groups is 1. The lowest BCUT2D eigenvalue weighted by Gasteiger charge is -2.35. The number of nitrogen functional groups attached to an aromatic ring is 1. The summed E-state index contributed by atoms with van der Waals surface area (Å²) in [5.41, 5.74) is 6.17. The van der Waals surface area contributed by atoms with E-state index in [-0.39, 0.29) is 12.4 Å². The van der Waals surface area contributed by atoms with Gasteiger partial charge in [-0.15, -0.1) is 5.10 Å². The van der Waals surface area contributed by atoms with Crippen molar-refractivity contribution in [3.05, 3.63) is 17.8 Å². The number of aliphatic hydroxyl groups excluding tert-OH is 1. The number of hydrogen-bond donors (Lipinski definition) is 3. The highest BCUT2D eigenvalue weighted by Gasteiger charge is 2.20. The number of anilines is 1. The molecule has 0 radical (unpaired) electrons. The average molecular weight is 250 g/mol. The highest BCUT2D eigenvalue weighted by atomic mass is 16.3. The van der Waals surface area contributed by atoms with Crippen molar-refractivity contribution >= 4 is 11.7 Å². The number of aromatic nitrogens is 2. The number of nitrogens with zero attached hydrogens (tertiary/aromatic N) is 4. The van der Waals surface area contributed by atoms with Gasteiger partial charge in [-0.05, 0) is 6.07 Å². The summed E-state index contributed by atoms with van der Waals surface area (Å²) in [5, 5.41) is 24.4. The number of rotatable bonds is 4. The third kappa shape index (κ3) is 2.74. The minimum Gasteiger partial charge on any atom is -0.395 e. The Balaban J connectivity index is 2.07. The van der Waals surface area contributed by atoms with Crippen LogP contribution < -0.4 is 10.6 Å². The molecule has 1 saturated heterocycles. The average Bonchev–Trinajstić information content (AvgIpc) is 2.40. The topological polar surface area (TPSA) is 102 Å². The monoisotopic (exact) mass is 250 g/mol. The van der Waals surface area contributed by atoms with E-state index in [1.54, 1.807) is 12.3 Å². The van der Waals surface area contributed by atoms with E-state index in [0.717, 1.165) is 26.2 Å². The fraction of sp³-hybridized carbons (Fsp3) is 0.545. The molecule has 4 N–H and O–H groups in total. The fourth-order valence-electron chi connectivity index (χ4n) is 2.09. The fourth-order valence-corrected chi connectivity index (χ4v) is 2.09. The third-order valence-corrected chi connectivity index (χ3v) is 3.08. The first kappa shape index (κ1) is 12.7. The van der Waals surface area contributed by atoms with Crippen LogP contribution in [0.1, 0.15) is 5.56 Å². The molecule has 0 bridgehead atoms. The van der Waals surface area contributed by atoms with Crippen LogP contribution in [0.4, 0.5) is 5.82 Å². The van der Waals surface area contributed by atoms with Crippen molar-refractivity contribution in [3.8, 4) is 0 Å². The quantitative estimate of drug-likeness (QED) is 0.462. The lowest BCUT2D eigenvalue weighted by Crippen LogP contribution is -2.48. The Morgan fingerprint density at radius 3 is 2.72 bits per heavy atom. The van der Waals surface area contributed by atoms with Gasteiger partial charge in [-0.2, -0.15) is 5.10 Å². The van der Waals surface area contributed by atoms with Crippen LogP contribution in [0.15, 0.2) is 12.3 Å². The van der Waals surface area contributed by atoms with Gasteiger partial charge in [0.2, 0.25) is 0 Å². The van der Waals surface area contributed by atoms with Crippen LogP contribution in [0.5, 0.6) is 0 Å². The summed E-state index contributed by atoms with van der Waals surface area (Å²) >= 11 is 0. The molecule has 2 rings (SSSR count). The van der Waals surface area contributed by atoms with Crippen LogP contribution in [-0.4, -0.2) is 65.4 Å². The van der Waals surface area contributed by atoms with Crippen molar-refractivity contribution in [2.75, 3.05) is 44.2 Å². The Hall–Kier alpha value is -1.73. The smallest absolute Gasteiger partial charge is 0.162 e. The number of hydrogen-bond acceptors (Lipinski definition) is 6. The molecule has 1 aromatic rings. The molecule has 0 saturated carbocycles. The zero-order valence-electron chi connectivity index (χ0n) is 10.2. The van der Waals surface area contributed by atoms with Crippen molar-refractivity contribution in [3.63, 3.8) is 0 Å². The summed E-state index contributed by atoms with van der Waals surface area (Å²) in [7, 11) is 0. The van der Waals surface area contributed by atoms with Gasteiger partial charge in [0, 0.05) is 32.7 Å². The standard InChI is InChI=1S/C11H18N6O/c12-10(13)9-1-2-14-15-11(9)17-5-3-16(4-6-17)7-8-18/h1-2,18H,3-8H2,(H3,12,13). The van der Waals surface area contributed by atoms with Crippen molar-refractivity contribution in [1.82, 2.24) is 15.1 Å². The van der Waals surface area contributed by atoms with Crippen LogP contribution in [0, 0.1) is 5.41 Å². The van der Waals surface area contributed by atoms with Crippen LogP contribution in [0.25, 0.3) is 0 Å². The Labute approximate surface area is 106 Å². The number of nitrogens with one attached hydrogen (secondary N) is 1. The van der Waals surface area contributed by atoms with Crippen molar-refractivity contribution in [1.29, 1.82) is 5.41 Å². The van der Waals surface area contributed by atoms with Gasteiger partial charge >= 0.3 is 0 Å². The predicted molar refractivity (Wildman–Crippen MR) is 68.8 cm³/mol. The Morgan fingerprint density at radius 1 is 1.39 bits per heavy atom. The predicted octanol–water partition coefficient (Wildman–Crippen LogP) is -1.13. The van der Waals surface area contributed by atoms with E-state index in [1.807, 2.05) is 0 Å². The van der Waals surface area contributed by atoms with Crippen LogP contribution >= 0.6 is 0 Å². The normalized spacial score (nSPS) is 16.8. The lowest BCUT2D eigenvalue weighted by molar-refractivity contribution is 0.188. The molecule has 7 nitrogen and oxygen atoms in total. The minimum atomic E-state index is 0.0117. The van der Waals surface area contributed by atoms with Gasteiger partial charge in [0.25, 0.3) is 0 Å². The largest absolute Gasteiger partial charge is 0.395 e. The molecule has 0 amide bonds. The van der Waals surface area contributed by atoms with E-state index in [9.17, 15) is 0 Å². The molecular formula is C11H18N6O. The minimum absolute atomic E-state index is 0.0117. The van der Waals surface area contributed by atoms with Crippen LogP contribution in [0.3, 0.4) is 0 Å². The highest BCUT2D eigenvalue weighted by Crippen LogP contribution is 2.17. The first-order valence-electron chi connectivity index (χ1n) is 5.96. The number of β-amino-alcohol motifs (C(OH)–C–C–N with tert-alkyl or cyclic N) is 1. The Kier molecular flexibility index (Phi) is 4.06. The Morgan fingerprint density at radius 2 is 2.11 bits per heavy atom. The number of amidine groups is 1. The van der Waals surface area contributed by atoms with Crippen LogP contribution in [-0.2, 0) is 0 Å². The molecule has 0 spiro atoms. The summed E-state index contributed by atoms with van der Waals surface area (Å²) in [6, 6.07) is 1.71.